The Hall–Kier alpha value is -1.61. The quantitative estimate of drug-likeness (QED) is 0.882. The van der Waals surface area contributed by atoms with Crippen LogP contribution in [0.1, 0.15) is 34.4 Å². The Morgan fingerprint density at radius 3 is 2.53 bits per heavy atom. The Morgan fingerprint density at radius 2 is 2.00 bits per heavy atom. The number of hydrogen-bond donors (Lipinski definition) is 1. The molecule has 2 aromatic heterocycles. The molecular formula is C14H18N2O. The van der Waals surface area contributed by atoms with E-state index in [4.69, 9.17) is 10.2 Å². The monoisotopic (exact) mass is 230 g/mol. The highest BCUT2D eigenvalue weighted by molar-refractivity contribution is 5.34. The zero-order valence-corrected chi connectivity index (χ0v) is 10.5. The fraction of sp³-hybridized carbons (Fsp3) is 0.357. The highest BCUT2D eigenvalue weighted by Crippen LogP contribution is 2.27. The van der Waals surface area contributed by atoms with Gasteiger partial charge in [0, 0.05) is 29.9 Å². The van der Waals surface area contributed by atoms with Crippen LogP contribution in [0.25, 0.3) is 0 Å². The minimum atomic E-state index is -0.0534. The fourth-order valence-electron chi connectivity index (χ4n) is 2.20. The first kappa shape index (κ1) is 11.9. The molecule has 0 saturated carbocycles. The molecule has 90 valence electrons. The van der Waals surface area contributed by atoms with Crippen LogP contribution in [0.4, 0.5) is 0 Å². The Kier molecular flexibility index (Phi) is 3.29. The predicted molar refractivity (Wildman–Crippen MR) is 67.8 cm³/mol. The van der Waals surface area contributed by atoms with E-state index in [-0.39, 0.29) is 6.04 Å². The second kappa shape index (κ2) is 4.72. The maximum absolute atomic E-state index is 6.24. The predicted octanol–water partition coefficient (Wildman–Crippen LogP) is 2.84. The van der Waals surface area contributed by atoms with Gasteiger partial charge in [0.2, 0.25) is 0 Å². The Morgan fingerprint density at radius 1 is 1.24 bits per heavy atom. The van der Waals surface area contributed by atoms with Crippen molar-refractivity contribution in [3.05, 3.63) is 52.7 Å². The second-order valence-corrected chi connectivity index (χ2v) is 4.38. The van der Waals surface area contributed by atoms with Crippen molar-refractivity contribution in [3.63, 3.8) is 0 Å². The molecular weight excluding hydrogens is 212 g/mol. The summed E-state index contributed by atoms with van der Waals surface area (Å²) in [6.07, 6.45) is 2.53. The van der Waals surface area contributed by atoms with Crippen LogP contribution in [0, 0.1) is 20.8 Å². The molecule has 2 heterocycles. The van der Waals surface area contributed by atoms with E-state index in [2.05, 4.69) is 11.9 Å². The van der Waals surface area contributed by atoms with Crippen LogP contribution in [0.3, 0.4) is 0 Å². The van der Waals surface area contributed by atoms with Crippen LogP contribution >= 0.6 is 0 Å². The molecule has 0 fully saturated rings. The van der Waals surface area contributed by atoms with Gasteiger partial charge in [-0.15, -0.1) is 0 Å². The second-order valence-electron chi connectivity index (χ2n) is 4.38. The molecule has 3 nitrogen and oxygen atoms in total. The summed E-state index contributed by atoms with van der Waals surface area (Å²) in [7, 11) is 0. The number of aryl methyl sites for hydroxylation is 2. The molecule has 0 saturated heterocycles. The van der Waals surface area contributed by atoms with Crippen molar-refractivity contribution in [2.75, 3.05) is 0 Å². The standard InChI is InChI=1S/C14H18N2O/c1-9-10(2)17-11(3)14(9)13(15)8-12-6-4-5-7-16-12/h4-7,13H,8,15H2,1-3H3. The number of nitrogens with zero attached hydrogens (tertiary/aromatic N) is 1. The van der Waals surface area contributed by atoms with Crippen molar-refractivity contribution in [3.8, 4) is 0 Å². The molecule has 0 bridgehead atoms. The molecule has 0 amide bonds. The fourth-order valence-corrected chi connectivity index (χ4v) is 2.20. The van der Waals surface area contributed by atoms with E-state index in [0.29, 0.717) is 0 Å². The first-order valence-corrected chi connectivity index (χ1v) is 5.81. The van der Waals surface area contributed by atoms with Crippen LogP contribution in [0.2, 0.25) is 0 Å². The summed E-state index contributed by atoms with van der Waals surface area (Å²) < 4.78 is 5.60. The molecule has 1 unspecified atom stereocenters. The van der Waals surface area contributed by atoms with Crippen molar-refractivity contribution in [2.45, 2.75) is 33.2 Å². The molecule has 3 heteroatoms. The van der Waals surface area contributed by atoms with Crippen molar-refractivity contribution in [2.24, 2.45) is 5.73 Å². The molecule has 0 aliphatic rings. The number of nitrogens with two attached hydrogens (primary N) is 1. The van der Waals surface area contributed by atoms with E-state index in [1.54, 1.807) is 6.20 Å². The van der Waals surface area contributed by atoms with Crippen molar-refractivity contribution in [1.29, 1.82) is 0 Å². The van der Waals surface area contributed by atoms with Gasteiger partial charge in [-0.1, -0.05) is 6.07 Å². The van der Waals surface area contributed by atoms with Gasteiger partial charge in [0.05, 0.1) is 0 Å². The molecule has 2 aromatic rings. The lowest BCUT2D eigenvalue weighted by Gasteiger charge is -2.11. The largest absolute Gasteiger partial charge is 0.466 e. The first-order valence-electron chi connectivity index (χ1n) is 5.81. The van der Waals surface area contributed by atoms with Gasteiger partial charge in [-0.2, -0.15) is 0 Å². The van der Waals surface area contributed by atoms with Gasteiger partial charge in [-0.3, -0.25) is 4.98 Å². The number of rotatable bonds is 3. The zero-order valence-electron chi connectivity index (χ0n) is 10.5. The maximum Gasteiger partial charge on any atom is 0.106 e. The maximum atomic E-state index is 6.24. The minimum absolute atomic E-state index is 0.0534. The van der Waals surface area contributed by atoms with E-state index in [1.807, 2.05) is 32.0 Å². The minimum Gasteiger partial charge on any atom is -0.466 e. The van der Waals surface area contributed by atoms with E-state index in [1.165, 1.54) is 0 Å². The van der Waals surface area contributed by atoms with Crippen molar-refractivity contribution < 1.29 is 4.42 Å². The van der Waals surface area contributed by atoms with Gasteiger partial charge in [-0.25, -0.2) is 0 Å². The van der Waals surface area contributed by atoms with Crippen molar-refractivity contribution in [1.82, 2.24) is 4.98 Å². The molecule has 0 spiro atoms. The van der Waals surface area contributed by atoms with E-state index < -0.39 is 0 Å². The molecule has 17 heavy (non-hydrogen) atoms. The molecule has 0 aliphatic carbocycles. The number of hydrogen-bond acceptors (Lipinski definition) is 3. The lowest BCUT2D eigenvalue weighted by atomic mass is 9.99. The van der Waals surface area contributed by atoms with Crippen LogP contribution in [0.15, 0.2) is 28.8 Å². The Balaban J connectivity index is 2.23. The highest BCUT2D eigenvalue weighted by Gasteiger charge is 2.18. The normalized spacial score (nSPS) is 12.7. The summed E-state index contributed by atoms with van der Waals surface area (Å²) in [6, 6.07) is 5.84. The third-order valence-electron chi connectivity index (χ3n) is 3.14. The number of furan rings is 1. The van der Waals surface area contributed by atoms with Crippen molar-refractivity contribution >= 4 is 0 Å². The molecule has 2 rings (SSSR count). The van der Waals surface area contributed by atoms with Gasteiger partial charge in [0.15, 0.2) is 0 Å². The summed E-state index contributed by atoms with van der Waals surface area (Å²) in [5.41, 5.74) is 9.53. The molecule has 1 atom stereocenters. The third-order valence-corrected chi connectivity index (χ3v) is 3.14. The molecule has 2 N–H and O–H groups in total. The highest BCUT2D eigenvalue weighted by atomic mass is 16.3. The van der Waals surface area contributed by atoms with E-state index in [9.17, 15) is 0 Å². The lowest BCUT2D eigenvalue weighted by Crippen LogP contribution is -2.15. The summed E-state index contributed by atoms with van der Waals surface area (Å²) in [5.74, 6) is 1.87. The van der Waals surface area contributed by atoms with Gasteiger partial charge in [0.25, 0.3) is 0 Å². The summed E-state index contributed by atoms with van der Waals surface area (Å²) in [6.45, 7) is 5.99. The Bertz CT molecular complexity index is 502. The van der Waals surface area contributed by atoms with Crippen LogP contribution in [-0.2, 0) is 6.42 Å². The van der Waals surface area contributed by atoms with Crippen LogP contribution in [-0.4, -0.2) is 4.98 Å². The lowest BCUT2D eigenvalue weighted by molar-refractivity contribution is 0.496. The number of pyridine rings is 1. The smallest absolute Gasteiger partial charge is 0.106 e. The SMILES string of the molecule is Cc1oc(C)c(C(N)Cc2ccccn2)c1C. The summed E-state index contributed by atoms with van der Waals surface area (Å²) in [5, 5.41) is 0. The van der Waals surface area contributed by atoms with Gasteiger partial charge >= 0.3 is 0 Å². The van der Waals surface area contributed by atoms with Gasteiger partial charge in [0.1, 0.15) is 11.5 Å². The van der Waals surface area contributed by atoms with Gasteiger partial charge in [-0.05, 0) is 38.5 Å². The molecule has 0 radical (unpaired) electrons. The van der Waals surface area contributed by atoms with Crippen LogP contribution < -0.4 is 5.73 Å². The topological polar surface area (TPSA) is 52.0 Å². The average molecular weight is 230 g/mol. The van der Waals surface area contributed by atoms with Gasteiger partial charge < -0.3 is 10.2 Å². The zero-order chi connectivity index (χ0) is 12.4. The summed E-state index contributed by atoms with van der Waals surface area (Å²) in [4.78, 5) is 4.30. The first-order chi connectivity index (χ1) is 8.09. The Labute approximate surface area is 102 Å². The third kappa shape index (κ3) is 2.39. The average Bonchev–Trinajstić information content (AvgIpc) is 2.54. The molecule has 0 aliphatic heterocycles. The van der Waals surface area contributed by atoms with E-state index in [0.717, 1.165) is 34.8 Å². The molecule has 0 aromatic carbocycles. The van der Waals surface area contributed by atoms with E-state index >= 15 is 0 Å². The summed E-state index contributed by atoms with van der Waals surface area (Å²) >= 11 is 0. The number of aromatic nitrogens is 1. The van der Waals surface area contributed by atoms with Crippen LogP contribution in [0.5, 0.6) is 0 Å².